The first-order valence-corrected chi connectivity index (χ1v) is 4.82. The van der Waals surface area contributed by atoms with E-state index in [9.17, 15) is 4.79 Å². The van der Waals surface area contributed by atoms with Crippen LogP contribution < -0.4 is 0 Å². The highest BCUT2D eigenvalue weighted by Gasteiger charge is 1.97. The van der Waals surface area contributed by atoms with Gasteiger partial charge in [0.2, 0.25) is 0 Å². The zero-order chi connectivity index (χ0) is 11.4. The second-order valence-corrected chi connectivity index (χ2v) is 3.26. The minimum Gasteiger partial charge on any atom is -0.469 e. The van der Waals surface area contributed by atoms with E-state index in [1.165, 1.54) is 7.11 Å². The quantitative estimate of drug-likeness (QED) is 0.792. The van der Waals surface area contributed by atoms with Crippen LogP contribution in [0.5, 0.6) is 0 Å². The van der Waals surface area contributed by atoms with Crippen LogP contribution in [0.4, 0.5) is 0 Å². The lowest BCUT2D eigenvalue weighted by Gasteiger charge is -1.94. The van der Waals surface area contributed by atoms with E-state index < -0.39 is 0 Å². The second-order valence-electron chi connectivity index (χ2n) is 3.26. The Balaban J connectivity index is 2.11. The van der Waals surface area contributed by atoms with Crippen molar-refractivity contribution in [1.29, 1.82) is 0 Å². The van der Waals surface area contributed by atoms with Gasteiger partial charge in [0.15, 0.2) is 5.65 Å². The van der Waals surface area contributed by atoms with Crippen LogP contribution in [0.25, 0.3) is 17.1 Å². The molecule has 2 aromatic heterocycles. The van der Waals surface area contributed by atoms with Gasteiger partial charge >= 0.3 is 5.97 Å². The molecule has 2 heterocycles. The number of carbonyl (C=O) groups is 1. The maximum Gasteiger partial charge on any atom is 0.309 e. The Hall–Kier alpha value is -2.17. The van der Waals surface area contributed by atoms with Gasteiger partial charge in [-0.1, -0.05) is 12.2 Å². The number of H-pyrrole nitrogens is 1. The van der Waals surface area contributed by atoms with Crippen molar-refractivity contribution in [3.8, 4) is 0 Å². The Labute approximate surface area is 92.1 Å². The number of esters is 1. The first kappa shape index (κ1) is 10.4. The topological polar surface area (TPSA) is 67.9 Å². The van der Waals surface area contributed by atoms with Gasteiger partial charge in [-0.15, -0.1) is 0 Å². The number of fused-ring (bicyclic) bond motifs is 1. The highest BCUT2D eigenvalue weighted by Crippen LogP contribution is 2.11. The summed E-state index contributed by atoms with van der Waals surface area (Å²) in [4.78, 5) is 15.0. The van der Waals surface area contributed by atoms with Crippen LogP contribution in [0.2, 0.25) is 0 Å². The van der Waals surface area contributed by atoms with Crippen molar-refractivity contribution in [1.82, 2.24) is 15.2 Å². The molecule has 0 aromatic carbocycles. The number of methoxy groups -OCH3 is 1. The Morgan fingerprint density at radius 3 is 3.25 bits per heavy atom. The smallest absolute Gasteiger partial charge is 0.309 e. The van der Waals surface area contributed by atoms with Crippen LogP contribution in [0.1, 0.15) is 12.0 Å². The number of nitrogens with one attached hydrogen (secondary N) is 1. The van der Waals surface area contributed by atoms with Gasteiger partial charge in [-0.25, -0.2) is 4.98 Å². The molecule has 0 amide bonds. The summed E-state index contributed by atoms with van der Waals surface area (Å²) in [6.07, 6.45) is 7.26. The van der Waals surface area contributed by atoms with Gasteiger partial charge in [0, 0.05) is 11.6 Å². The molecular formula is C11H11N3O2. The third-order valence-corrected chi connectivity index (χ3v) is 2.13. The molecule has 1 N–H and O–H groups in total. The van der Waals surface area contributed by atoms with E-state index in [2.05, 4.69) is 19.9 Å². The number of carbonyl (C=O) groups excluding carboxylic acids is 1. The molecule has 2 rings (SSSR count). The van der Waals surface area contributed by atoms with Crippen molar-refractivity contribution in [2.45, 2.75) is 6.42 Å². The minimum atomic E-state index is -0.256. The van der Waals surface area contributed by atoms with Crippen LogP contribution >= 0.6 is 0 Å². The lowest BCUT2D eigenvalue weighted by molar-refractivity contribution is -0.139. The van der Waals surface area contributed by atoms with Gasteiger partial charge in [0.25, 0.3) is 0 Å². The molecular weight excluding hydrogens is 206 g/mol. The largest absolute Gasteiger partial charge is 0.469 e. The first-order chi connectivity index (χ1) is 7.79. The molecule has 0 radical (unpaired) electrons. The number of nitrogens with zero attached hydrogens (tertiary/aromatic N) is 2. The lowest BCUT2D eigenvalue weighted by atomic mass is 10.2. The SMILES string of the molecule is COC(=O)CC=Cc1cnc2[nH]ncc2c1. The lowest BCUT2D eigenvalue weighted by Crippen LogP contribution is -1.96. The summed E-state index contributed by atoms with van der Waals surface area (Å²) in [5, 5.41) is 7.59. The number of rotatable bonds is 3. The van der Waals surface area contributed by atoms with Gasteiger partial charge in [-0.2, -0.15) is 5.10 Å². The summed E-state index contributed by atoms with van der Waals surface area (Å²) >= 11 is 0. The average Bonchev–Trinajstić information content (AvgIpc) is 2.76. The monoisotopic (exact) mass is 217 g/mol. The highest BCUT2D eigenvalue weighted by molar-refractivity contribution is 5.77. The first-order valence-electron chi connectivity index (χ1n) is 4.82. The van der Waals surface area contributed by atoms with Crippen LogP contribution in [0.15, 0.2) is 24.5 Å². The zero-order valence-corrected chi connectivity index (χ0v) is 8.80. The molecule has 0 saturated heterocycles. The van der Waals surface area contributed by atoms with Crippen molar-refractivity contribution < 1.29 is 9.53 Å². The van der Waals surface area contributed by atoms with Crippen molar-refractivity contribution in [3.05, 3.63) is 30.1 Å². The molecule has 2 aromatic rings. The third kappa shape index (κ3) is 2.25. The molecule has 82 valence electrons. The van der Waals surface area contributed by atoms with E-state index in [-0.39, 0.29) is 12.4 Å². The number of hydrogen-bond acceptors (Lipinski definition) is 4. The molecule has 0 aliphatic rings. The van der Waals surface area contributed by atoms with Crippen LogP contribution in [0.3, 0.4) is 0 Å². The summed E-state index contributed by atoms with van der Waals surface area (Å²) in [7, 11) is 1.37. The molecule has 0 aliphatic heterocycles. The van der Waals surface area contributed by atoms with E-state index >= 15 is 0 Å². The van der Waals surface area contributed by atoms with Crippen molar-refractivity contribution in [3.63, 3.8) is 0 Å². The fraction of sp³-hybridized carbons (Fsp3) is 0.182. The van der Waals surface area contributed by atoms with Gasteiger partial charge < -0.3 is 4.74 Å². The number of ether oxygens (including phenoxy) is 1. The maximum absolute atomic E-state index is 10.9. The molecule has 5 heteroatoms. The maximum atomic E-state index is 10.9. The normalized spacial score (nSPS) is 11.1. The number of hydrogen-bond donors (Lipinski definition) is 1. The van der Waals surface area contributed by atoms with Gasteiger partial charge in [-0.3, -0.25) is 9.89 Å². The Morgan fingerprint density at radius 1 is 1.56 bits per heavy atom. The Kier molecular flexibility index (Phi) is 2.95. The number of aromatic amines is 1. The van der Waals surface area contributed by atoms with Crippen LogP contribution in [-0.2, 0) is 9.53 Å². The molecule has 0 unspecified atom stereocenters. The molecule has 0 fully saturated rings. The van der Waals surface area contributed by atoms with E-state index in [1.54, 1.807) is 18.5 Å². The third-order valence-electron chi connectivity index (χ3n) is 2.13. The van der Waals surface area contributed by atoms with E-state index in [4.69, 9.17) is 0 Å². The van der Waals surface area contributed by atoms with E-state index in [0.717, 1.165) is 16.6 Å². The molecule has 0 saturated carbocycles. The van der Waals surface area contributed by atoms with Crippen LogP contribution in [-0.4, -0.2) is 28.3 Å². The van der Waals surface area contributed by atoms with E-state index in [1.807, 2.05) is 12.1 Å². The Morgan fingerprint density at radius 2 is 2.44 bits per heavy atom. The summed E-state index contributed by atoms with van der Waals surface area (Å²) in [5.74, 6) is -0.256. The number of pyridine rings is 1. The predicted molar refractivity (Wildman–Crippen MR) is 59.6 cm³/mol. The van der Waals surface area contributed by atoms with Crippen molar-refractivity contribution >= 4 is 23.1 Å². The molecule has 0 spiro atoms. The fourth-order valence-electron chi connectivity index (χ4n) is 1.32. The van der Waals surface area contributed by atoms with Crippen molar-refractivity contribution in [2.24, 2.45) is 0 Å². The molecule has 0 bridgehead atoms. The predicted octanol–water partition coefficient (Wildman–Crippen LogP) is 1.53. The van der Waals surface area contributed by atoms with Crippen LogP contribution in [0, 0.1) is 0 Å². The molecule has 0 atom stereocenters. The summed E-state index contributed by atoms with van der Waals surface area (Å²) in [6, 6.07) is 1.94. The fourth-order valence-corrected chi connectivity index (χ4v) is 1.32. The summed E-state index contributed by atoms with van der Waals surface area (Å²) in [5.41, 5.74) is 1.68. The minimum absolute atomic E-state index is 0.256. The zero-order valence-electron chi connectivity index (χ0n) is 8.80. The standard InChI is InChI=1S/C11H11N3O2/c1-16-10(15)4-2-3-8-5-9-7-13-14-11(9)12-6-8/h2-3,5-7H,4H2,1H3,(H,12,13,14). The highest BCUT2D eigenvalue weighted by atomic mass is 16.5. The van der Waals surface area contributed by atoms with Gasteiger partial charge in [0.1, 0.15) is 0 Å². The average molecular weight is 217 g/mol. The molecule has 0 aliphatic carbocycles. The summed E-state index contributed by atoms with van der Waals surface area (Å²) < 4.78 is 4.53. The van der Waals surface area contributed by atoms with E-state index in [0.29, 0.717) is 0 Å². The number of aromatic nitrogens is 3. The molecule has 16 heavy (non-hydrogen) atoms. The van der Waals surface area contributed by atoms with Crippen molar-refractivity contribution in [2.75, 3.05) is 7.11 Å². The van der Waals surface area contributed by atoms with Gasteiger partial charge in [0.05, 0.1) is 19.7 Å². The second kappa shape index (κ2) is 4.57. The van der Waals surface area contributed by atoms with Gasteiger partial charge in [-0.05, 0) is 11.6 Å². The Bertz CT molecular complexity index is 531. The summed E-state index contributed by atoms with van der Waals surface area (Å²) in [6.45, 7) is 0. The molecule has 5 nitrogen and oxygen atoms in total.